The van der Waals surface area contributed by atoms with E-state index in [-0.39, 0.29) is 0 Å². The second kappa shape index (κ2) is 8.63. The monoisotopic (exact) mass is 359 g/mol. The highest BCUT2D eigenvalue weighted by Gasteiger charge is 2.27. The number of nitrogens with zero attached hydrogens (tertiary/aromatic N) is 3. The normalized spacial score (nSPS) is 24.1. The van der Waals surface area contributed by atoms with Gasteiger partial charge in [0.25, 0.3) is 0 Å². The van der Waals surface area contributed by atoms with Gasteiger partial charge in [-0.15, -0.1) is 0 Å². The lowest BCUT2D eigenvalue weighted by Gasteiger charge is -2.33. The van der Waals surface area contributed by atoms with Gasteiger partial charge in [0.05, 0.1) is 12.3 Å². The van der Waals surface area contributed by atoms with Crippen molar-refractivity contribution in [3.05, 3.63) is 17.1 Å². The summed E-state index contributed by atoms with van der Waals surface area (Å²) in [5, 5.41) is 7.08. The Labute approximate surface area is 157 Å². The molecule has 0 bridgehead atoms. The molecule has 1 aromatic heterocycles. The standard InChI is InChI=1S/C20H33N5O/c1-26-12-9-22-20-17-6-10-25(16-3-2-8-21-14-16)11-7-18(17)23-19(24-20)13-15-4-5-15/h15-16,21H,2-14H2,1H3,(H,22,23,24)/t16-/m0/s1. The summed E-state index contributed by atoms with van der Waals surface area (Å²) in [5.41, 5.74) is 2.62. The highest BCUT2D eigenvalue weighted by Crippen LogP contribution is 2.33. The van der Waals surface area contributed by atoms with Crippen molar-refractivity contribution < 1.29 is 4.74 Å². The Hall–Kier alpha value is -1.24. The minimum Gasteiger partial charge on any atom is -0.383 e. The highest BCUT2D eigenvalue weighted by molar-refractivity contribution is 5.47. The van der Waals surface area contributed by atoms with Gasteiger partial charge in [0.2, 0.25) is 0 Å². The lowest BCUT2D eigenvalue weighted by Crippen LogP contribution is -2.46. The van der Waals surface area contributed by atoms with Gasteiger partial charge in [-0.1, -0.05) is 0 Å². The molecule has 2 fully saturated rings. The van der Waals surface area contributed by atoms with Gasteiger partial charge in [-0.3, -0.25) is 4.90 Å². The van der Waals surface area contributed by atoms with Crippen LogP contribution in [0.4, 0.5) is 5.82 Å². The third-order valence-corrected chi connectivity index (χ3v) is 5.98. The van der Waals surface area contributed by atoms with Gasteiger partial charge in [0, 0.05) is 57.7 Å². The molecule has 3 heterocycles. The first kappa shape index (κ1) is 18.1. The molecule has 0 unspecified atom stereocenters. The van der Waals surface area contributed by atoms with E-state index in [1.807, 2.05) is 0 Å². The van der Waals surface area contributed by atoms with Crippen LogP contribution in [0.15, 0.2) is 0 Å². The number of methoxy groups -OCH3 is 1. The first-order valence-electron chi connectivity index (χ1n) is 10.4. The second-order valence-electron chi connectivity index (χ2n) is 8.02. The molecular weight excluding hydrogens is 326 g/mol. The molecule has 26 heavy (non-hydrogen) atoms. The first-order valence-corrected chi connectivity index (χ1v) is 10.4. The lowest BCUT2D eigenvalue weighted by molar-refractivity contribution is 0.173. The molecule has 3 aliphatic rings. The number of aromatic nitrogens is 2. The van der Waals surface area contributed by atoms with E-state index in [0.29, 0.717) is 12.6 Å². The van der Waals surface area contributed by atoms with Crippen LogP contribution in [0.2, 0.25) is 0 Å². The SMILES string of the molecule is COCCNc1nc(CC2CC2)nc2c1CCN([C@H]1CCCNC1)CC2. The Morgan fingerprint density at radius 3 is 2.85 bits per heavy atom. The Bertz CT molecular complexity index is 598. The largest absolute Gasteiger partial charge is 0.383 e. The summed E-state index contributed by atoms with van der Waals surface area (Å²) in [7, 11) is 1.75. The van der Waals surface area contributed by atoms with Crippen molar-refractivity contribution in [2.45, 2.75) is 51.0 Å². The third-order valence-electron chi connectivity index (χ3n) is 5.98. The Morgan fingerprint density at radius 2 is 2.08 bits per heavy atom. The Kier molecular flexibility index (Phi) is 6.02. The molecule has 144 valence electrons. The number of rotatable bonds is 7. The summed E-state index contributed by atoms with van der Waals surface area (Å²) in [4.78, 5) is 12.6. The zero-order valence-electron chi connectivity index (χ0n) is 16.1. The maximum absolute atomic E-state index is 5.21. The molecule has 1 aliphatic carbocycles. The van der Waals surface area contributed by atoms with Crippen molar-refractivity contribution in [1.82, 2.24) is 20.2 Å². The fourth-order valence-electron chi connectivity index (χ4n) is 4.27. The molecule has 6 nitrogen and oxygen atoms in total. The van der Waals surface area contributed by atoms with Crippen molar-refractivity contribution in [3.8, 4) is 0 Å². The van der Waals surface area contributed by atoms with E-state index in [0.717, 1.165) is 63.0 Å². The molecule has 2 aliphatic heterocycles. The van der Waals surface area contributed by atoms with Crippen molar-refractivity contribution in [3.63, 3.8) is 0 Å². The molecule has 2 N–H and O–H groups in total. The molecular formula is C20H33N5O. The van der Waals surface area contributed by atoms with Gasteiger partial charge in [-0.25, -0.2) is 9.97 Å². The quantitative estimate of drug-likeness (QED) is 0.722. The second-order valence-corrected chi connectivity index (χ2v) is 8.02. The lowest BCUT2D eigenvalue weighted by atomic mass is 10.1. The summed E-state index contributed by atoms with van der Waals surface area (Å²) < 4.78 is 5.21. The molecule has 0 radical (unpaired) electrons. The molecule has 0 spiro atoms. The van der Waals surface area contributed by atoms with E-state index in [4.69, 9.17) is 14.7 Å². The summed E-state index contributed by atoms with van der Waals surface area (Å²) in [6.45, 7) is 6.05. The van der Waals surface area contributed by atoms with E-state index in [1.165, 1.54) is 43.5 Å². The fraction of sp³-hybridized carbons (Fsp3) is 0.800. The van der Waals surface area contributed by atoms with E-state index in [2.05, 4.69) is 15.5 Å². The average molecular weight is 360 g/mol. The molecule has 1 saturated heterocycles. The zero-order valence-corrected chi connectivity index (χ0v) is 16.1. The van der Waals surface area contributed by atoms with Gasteiger partial charge in [-0.05, 0) is 44.6 Å². The zero-order chi connectivity index (χ0) is 17.8. The van der Waals surface area contributed by atoms with Gasteiger partial charge in [-0.2, -0.15) is 0 Å². The first-order chi connectivity index (χ1) is 12.8. The van der Waals surface area contributed by atoms with Crippen molar-refractivity contribution in [2.75, 3.05) is 51.8 Å². The maximum Gasteiger partial charge on any atom is 0.133 e. The molecule has 6 heteroatoms. The predicted molar refractivity (Wildman–Crippen MR) is 104 cm³/mol. The van der Waals surface area contributed by atoms with Crippen LogP contribution in [0.25, 0.3) is 0 Å². The highest BCUT2D eigenvalue weighted by atomic mass is 16.5. The van der Waals surface area contributed by atoms with E-state index < -0.39 is 0 Å². The predicted octanol–water partition coefficient (Wildman–Crippen LogP) is 1.64. The van der Waals surface area contributed by atoms with Crippen molar-refractivity contribution in [1.29, 1.82) is 0 Å². The Morgan fingerprint density at radius 1 is 1.19 bits per heavy atom. The summed E-state index contributed by atoms with van der Waals surface area (Å²) >= 11 is 0. The van der Waals surface area contributed by atoms with Crippen molar-refractivity contribution in [2.24, 2.45) is 5.92 Å². The summed E-state index contributed by atoms with van der Waals surface area (Å²) in [6.07, 6.45) is 8.44. The van der Waals surface area contributed by atoms with Crippen molar-refractivity contribution >= 4 is 5.82 Å². The van der Waals surface area contributed by atoms with Gasteiger partial charge in [0.15, 0.2) is 0 Å². The third kappa shape index (κ3) is 4.53. The minimum atomic E-state index is 0.682. The fourth-order valence-corrected chi connectivity index (χ4v) is 4.27. The number of nitrogens with one attached hydrogen (secondary N) is 2. The summed E-state index contributed by atoms with van der Waals surface area (Å²) in [5.74, 6) is 2.92. The molecule has 1 atom stereocenters. The van der Waals surface area contributed by atoms with E-state index >= 15 is 0 Å². The molecule has 1 saturated carbocycles. The molecule has 0 amide bonds. The number of fused-ring (bicyclic) bond motifs is 1. The van der Waals surface area contributed by atoms with Crippen LogP contribution in [-0.4, -0.2) is 67.4 Å². The topological polar surface area (TPSA) is 62.3 Å². The minimum absolute atomic E-state index is 0.682. The van der Waals surface area contributed by atoms with E-state index in [1.54, 1.807) is 7.11 Å². The smallest absolute Gasteiger partial charge is 0.133 e. The van der Waals surface area contributed by atoms with Gasteiger partial charge >= 0.3 is 0 Å². The van der Waals surface area contributed by atoms with E-state index in [9.17, 15) is 0 Å². The number of piperidine rings is 1. The van der Waals surface area contributed by atoms with Crippen LogP contribution >= 0.6 is 0 Å². The summed E-state index contributed by atoms with van der Waals surface area (Å²) in [6, 6.07) is 0.682. The van der Waals surface area contributed by atoms with Crippen LogP contribution in [0, 0.1) is 5.92 Å². The number of hydrogen-bond donors (Lipinski definition) is 2. The molecule has 0 aromatic carbocycles. The van der Waals surface area contributed by atoms with Gasteiger partial charge in [0.1, 0.15) is 11.6 Å². The molecule has 1 aromatic rings. The number of anilines is 1. The molecule has 4 rings (SSSR count). The maximum atomic E-state index is 5.21. The van der Waals surface area contributed by atoms with Crippen LogP contribution < -0.4 is 10.6 Å². The van der Waals surface area contributed by atoms with Gasteiger partial charge < -0.3 is 15.4 Å². The average Bonchev–Trinajstić information content (AvgIpc) is 3.49. The Balaban J connectivity index is 1.50. The van der Waals surface area contributed by atoms with Crippen LogP contribution in [-0.2, 0) is 24.0 Å². The number of hydrogen-bond acceptors (Lipinski definition) is 6. The van der Waals surface area contributed by atoms with Crippen LogP contribution in [0.5, 0.6) is 0 Å². The van der Waals surface area contributed by atoms with Crippen LogP contribution in [0.1, 0.15) is 42.8 Å². The number of ether oxygens (including phenoxy) is 1. The van der Waals surface area contributed by atoms with Crippen LogP contribution in [0.3, 0.4) is 0 Å².